The molecule has 3 heteroatoms. The van der Waals surface area contributed by atoms with Gasteiger partial charge in [0.1, 0.15) is 5.78 Å². The summed E-state index contributed by atoms with van der Waals surface area (Å²) in [5.41, 5.74) is 1.05. The average molecular weight is 237 g/mol. The smallest absolute Gasteiger partial charge is 0.149 e. The fraction of sp³-hybridized carbons (Fsp3) is 0.929. The summed E-state index contributed by atoms with van der Waals surface area (Å²) in [5, 5.41) is 0. The van der Waals surface area contributed by atoms with Gasteiger partial charge < -0.3 is 4.74 Å². The zero-order chi connectivity index (χ0) is 12.5. The van der Waals surface area contributed by atoms with E-state index in [1.165, 1.54) is 0 Å². The second kappa shape index (κ2) is 3.12. The number of hydrogen-bond donors (Lipinski definition) is 0. The number of carbonyl (C=O) groups is 1. The molecule has 2 unspecified atom stereocenters. The molecule has 1 saturated carbocycles. The first kappa shape index (κ1) is 11.7. The molecule has 2 atom stereocenters. The van der Waals surface area contributed by atoms with E-state index in [0.717, 1.165) is 26.2 Å². The van der Waals surface area contributed by atoms with Gasteiger partial charge in [-0.3, -0.25) is 9.69 Å². The van der Waals surface area contributed by atoms with Gasteiger partial charge in [0.05, 0.1) is 19.3 Å². The Bertz CT molecular complexity index is 372. The first-order chi connectivity index (χ1) is 7.92. The van der Waals surface area contributed by atoms with Gasteiger partial charge in [-0.15, -0.1) is 0 Å². The lowest BCUT2D eigenvalue weighted by Gasteiger charge is -2.32. The SMILES string of the molecule is CCC(=O)C1CC2(CN1C)C(C)(C)C21COC1. The number of hydrogen-bond acceptors (Lipinski definition) is 3. The topological polar surface area (TPSA) is 29.5 Å². The Kier molecular flexibility index (Phi) is 2.14. The summed E-state index contributed by atoms with van der Waals surface area (Å²) in [7, 11) is 2.11. The second-order valence-electron chi connectivity index (χ2n) is 6.74. The van der Waals surface area contributed by atoms with Crippen LogP contribution in [0.4, 0.5) is 0 Å². The van der Waals surface area contributed by atoms with Crippen molar-refractivity contribution in [3.63, 3.8) is 0 Å². The molecule has 3 aliphatic rings. The quantitative estimate of drug-likeness (QED) is 0.732. The summed E-state index contributed by atoms with van der Waals surface area (Å²) >= 11 is 0. The molecule has 3 nitrogen and oxygen atoms in total. The summed E-state index contributed by atoms with van der Waals surface area (Å²) in [6.07, 6.45) is 1.71. The summed E-state index contributed by atoms with van der Waals surface area (Å²) in [6.45, 7) is 9.58. The lowest BCUT2D eigenvalue weighted by molar-refractivity contribution is -0.122. The summed E-state index contributed by atoms with van der Waals surface area (Å²) in [5.74, 6) is 0.405. The number of ether oxygens (including phenoxy) is 1. The molecule has 0 aromatic heterocycles. The van der Waals surface area contributed by atoms with Crippen molar-refractivity contribution in [2.45, 2.75) is 39.7 Å². The molecule has 0 amide bonds. The highest BCUT2D eigenvalue weighted by atomic mass is 16.5. The van der Waals surface area contributed by atoms with E-state index in [-0.39, 0.29) is 6.04 Å². The Labute approximate surface area is 104 Å². The number of carbonyl (C=O) groups excluding carboxylic acids is 1. The third-order valence-electron chi connectivity index (χ3n) is 6.26. The van der Waals surface area contributed by atoms with E-state index in [1.54, 1.807) is 0 Å². The third kappa shape index (κ3) is 1.04. The Hall–Kier alpha value is -0.410. The summed E-state index contributed by atoms with van der Waals surface area (Å²) in [6, 6.07) is 0.152. The molecule has 3 rings (SSSR count). The van der Waals surface area contributed by atoms with Gasteiger partial charge in [-0.2, -0.15) is 0 Å². The van der Waals surface area contributed by atoms with E-state index in [0.29, 0.717) is 28.4 Å². The molecule has 2 heterocycles. The van der Waals surface area contributed by atoms with Crippen LogP contribution in [0.1, 0.15) is 33.6 Å². The van der Waals surface area contributed by atoms with E-state index in [4.69, 9.17) is 4.74 Å². The van der Waals surface area contributed by atoms with Crippen LogP contribution in [0, 0.1) is 16.2 Å². The molecule has 2 spiro atoms. The van der Waals surface area contributed by atoms with Crippen LogP contribution in [0.25, 0.3) is 0 Å². The summed E-state index contributed by atoms with van der Waals surface area (Å²) in [4.78, 5) is 14.3. The highest BCUT2D eigenvalue weighted by Gasteiger charge is 2.85. The van der Waals surface area contributed by atoms with Gasteiger partial charge in [-0.1, -0.05) is 20.8 Å². The first-order valence-electron chi connectivity index (χ1n) is 6.72. The fourth-order valence-electron chi connectivity index (χ4n) is 4.68. The zero-order valence-electron chi connectivity index (χ0n) is 11.4. The molecule has 96 valence electrons. The predicted octanol–water partition coefficient (Wildman–Crippen LogP) is 1.71. The minimum Gasteiger partial charge on any atom is -0.380 e. The lowest BCUT2D eigenvalue weighted by atomic mass is 9.88. The molecule has 0 aromatic carbocycles. The van der Waals surface area contributed by atoms with Gasteiger partial charge in [-0.05, 0) is 18.9 Å². The standard InChI is InChI=1S/C14H23NO2/c1-5-11(16)10-6-13(7-15(10)4)12(2,3)14(13)8-17-9-14/h10H,5-9H2,1-4H3. The van der Waals surface area contributed by atoms with Gasteiger partial charge in [0.2, 0.25) is 0 Å². The molecule has 2 saturated heterocycles. The average Bonchev–Trinajstić information content (AvgIpc) is 2.50. The van der Waals surface area contributed by atoms with Crippen molar-refractivity contribution in [1.29, 1.82) is 0 Å². The number of nitrogens with zero attached hydrogens (tertiary/aromatic N) is 1. The second-order valence-corrected chi connectivity index (χ2v) is 6.74. The van der Waals surface area contributed by atoms with Crippen LogP contribution < -0.4 is 0 Å². The van der Waals surface area contributed by atoms with Crippen molar-refractivity contribution in [1.82, 2.24) is 4.90 Å². The molecule has 1 aliphatic carbocycles. The fourth-order valence-corrected chi connectivity index (χ4v) is 4.68. The minimum atomic E-state index is 0.152. The Morgan fingerprint density at radius 1 is 1.35 bits per heavy atom. The zero-order valence-corrected chi connectivity index (χ0v) is 11.4. The molecular weight excluding hydrogens is 214 g/mol. The monoisotopic (exact) mass is 237 g/mol. The van der Waals surface area contributed by atoms with Crippen molar-refractivity contribution in [3.8, 4) is 0 Å². The number of likely N-dealkylation sites (tertiary alicyclic amines) is 1. The molecule has 0 aromatic rings. The van der Waals surface area contributed by atoms with Crippen LogP contribution in [0.2, 0.25) is 0 Å². The minimum absolute atomic E-state index is 0.152. The lowest BCUT2D eigenvalue weighted by Crippen LogP contribution is -2.37. The first-order valence-corrected chi connectivity index (χ1v) is 6.72. The van der Waals surface area contributed by atoms with Gasteiger partial charge in [-0.25, -0.2) is 0 Å². The van der Waals surface area contributed by atoms with Crippen molar-refractivity contribution in [2.75, 3.05) is 26.8 Å². The number of likely N-dealkylation sites (N-methyl/N-ethyl adjacent to an activating group) is 1. The Morgan fingerprint density at radius 3 is 2.41 bits per heavy atom. The number of rotatable bonds is 2. The van der Waals surface area contributed by atoms with E-state index in [2.05, 4.69) is 25.8 Å². The van der Waals surface area contributed by atoms with E-state index < -0.39 is 0 Å². The number of Topliss-reactive ketones (excluding diaryl/α,β-unsaturated/α-hetero) is 1. The number of fused-ring (bicyclic) bond motifs is 1. The van der Waals surface area contributed by atoms with E-state index in [1.807, 2.05) is 6.92 Å². The molecule has 3 fully saturated rings. The largest absolute Gasteiger partial charge is 0.380 e. The van der Waals surface area contributed by atoms with Crippen molar-refractivity contribution < 1.29 is 9.53 Å². The van der Waals surface area contributed by atoms with Crippen molar-refractivity contribution >= 4 is 5.78 Å². The van der Waals surface area contributed by atoms with Crippen LogP contribution >= 0.6 is 0 Å². The highest BCUT2D eigenvalue weighted by molar-refractivity contribution is 5.84. The maximum atomic E-state index is 12.0. The molecule has 0 N–H and O–H groups in total. The van der Waals surface area contributed by atoms with Crippen LogP contribution in [0.3, 0.4) is 0 Å². The van der Waals surface area contributed by atoms with Crippen molar-refractivity contribution in [2.24, 2.45) is 16.2 Å². The molecule has 17 heavy (non-hydrogen) atoms. The summed E-state index contributed by atoms with van der Waals surface area (Å²) < 4.78 is 5.48. The van der Waals surface area contributed by atoms with Crippen molar-refractivity contribution in [3.05, 3.63) is 0 Å². The molecule has 0 radical (unpaired) electrons. The highest BCUT2D eigenvalue weighted by Crippen LogP contribution is 2.83. The van der Waals surface area contributed by atoms with E-state index >= 15 is 0 Å². The molecule has 2 aliphatic heterocycles. The Morgan fingerprint density at radius 2 is 2.00 bits per heavy atom. The molecule has 0 bridgehead atoms. The number of ketones is 1. The van der Waals surface area contributed by atoms with Gasteiger partial charge in [0.25, 0.3) is 0 Å². The van der Waals surface area contributed by atoms with Gasteiger partial charge in [0, 0.05) is 23.8 Å². The van der Waals surface area contributed by atoms with Gasteiger partial charge in [0.15, 0.2) is 0 Å². The maximum absolute atomic E-state index is 12.0. The van der Waals surface area contributed by atoms with Crippen LogP contribution in [-0.2, 0) is 9.53 Å². The molecular formula is C14H23NO2. The predicted molar refractivity (Wildman–Crippen MR) is 65.8 cm³/mol. The third-order valence-corrected chi connectivity index (χ3v) is 6.26. The Balaban J connectivity index is 1.87. The van der Waals surface area contributed by atoms with Crippen LogP contribution in [0.5, 0.6) is 0 Å². The van der Waals surface area contributed by atoms with E-state index in [9.17, 15) is 4.79 Å². The van der Waals surface area contributed by atoms with Gasteiger partial charge >= 0.3 is 0 Å². The maximum Gasteiger partial charge on any atom is 0.149 e. The van der Waals surface area contributed by atoms with Crippen LogP contribution in [0.15, 0.2) is 0 Å². The van der Waals surface area contributed by atoms with Crippen LogP contribution in [-0.4, -0.2) is 43.5 Å². The normalized spacial score (nSPS) is 41.8.